The Morgan fingerprint density at radius 1 is 0.943 bits per heavy atom. The zero-order valence-corrected chi connectivity index (χ0v) is 20.1. The molecule has 6 nitrogen and oxygen atoms in total. The summed E-state index contributed by atoms with van der Waals surface area (Å²) in [6, 6.07) is 17.6. The number of benzene rings is 3. The van der Waals surface area contributed by atoms with E-state index < -0.39 is 0 Å². The average molecular weight is 492 g/mol. The van der Waals surface area contributed by atoms with Gasteiger partial charge >= 0.3 is 0 Å². The van der Waals surface area contributed by atoms with Gasteiger partial charge in [-0.3, -0.25) is 9.36 Å². The van der Waals surface area contributed by atoms with Crippen LogP contribution in [-0.4, -0.2) is 28.3 Å². The molecular weight excluding hydrogens is 469 g/mol. The second-order valence-corrected chi connectivity index (χ2v) is 8.69. The fourth-order valence-electron chi connectivity index (χ4n) is 4.35. The Hall–Kier alpha value is -3.84. The molecule has 0 fully saturated rings. The van der Waals surface area contributed by atoms with E-state index in [0.717, 1.165) is 16.6 Å². The molecular formula is C27H23ClFN3O3. The number of nitrogens with zero attached hydrogens (tertiary/aromatic N) is 3. The molecule has 35 heavy (non-hydrogen) atoms. The molecule has 2 heterocycles. The van der Waals surface area contributed by atoms with Crippen LogP contribution in [0.15, 0.2) is 71.8 Å². The number of methoxy groups -OCH3 is 2. The van der Waals surface area contributed by atoms with E-state index >= 15 is 0 Å². The van der Waals surface area contributed by atoms with Crippen LogP contribution in [0.3, 0.4) is 0 Å². The van der Waals surface area contributed by atoms with Gasteiger partial charge in [-0.15, -0.1) is 0 Å². The summed E-state index contributed by atoms with van der Waals surface area (Å²) in [5, 5.41) is 1.25. The monoisotopic (exact) mass is 491 g/mol. The van der Waals surface area contributed by atoms with E-state index in [1.807, 2.05) is 47.0 Å². The lowest BCUT2D eigenvalue weighted by molar-refractivity contribution is 0.354. The maximum atomic E-state index is 14.1. The van der Waals surface area contributed by atoms with E-state index in [4.69, 9.17) is 21.1 Å². The fourth-order valence-corrected chi connectivity index (χ4v) is 4.48. The van der Waals surface area contributed by atoms with Crippen LogP contribution in [-0.2, 0) is 19.5 Å². The predicted molar refractivity (Wildman–Crippen MR) is 135 cm³/mol. The van der Waals surface area contributed by atoms with Crippen molar-refractivity contribution in [3.8, 4) is 11.5 Å². The second kappa shape index (κ2) is 9.43. The molecule has 3 aromatic carbocycles. The number of aryl methyl sites for hydroxylation is 2. The first kappa shape index (κ1) is 22.9. The van der Waals surface area contributed by atoms with Crippen molar-refractivity contribution in [2.24, 2.45) is 0 Å². The first-order chi connectivity index (χ1) is 17.0. The predicted octanol–water partition coefficient (Wildman–Crippen LogP) is 5.45. The van der Waals surface area contributed by atoms with Gasteiger partial charge in [0.15, 0.2) is 11.5 Å². The number of hydrogen-bond donors (Lipinski definition) is 0. The highest BCUT2D eigenvalue weighted by Crippen LogP contribution is 2.29. The van der Waals surface area contributed by atoms with Gasteiger partial charge in [0.1, 0.15) is 16.9 Å². The normalized spacial score (nSPS) is 11.3. The maximum Gasteiger partial charge on any atom is 0.277 e. The van der Waals surface area contributed by atoms with Crippen molar-refractivity contribution < 1.29 is 13.9 Å². The van der Waals surface area contributed by atoms with Crippen molar-refractivity contribution in [3.63, 3.8) is 0 Å². The van der Waals surface area contributed by atoms with Crippen molar-refractivity contribution in [1.29, 1.82) is 0 Å². The van der Waals surface area contributed by atoms with Crippen LogP contribution in [0, 0.1) is 5.82 Å². The second-order valence-electron chi connectivity index (χ2n) is 8.25. The van der Waals surface area contributed by atoms with E-state index in [1.54, 1.807) is 24.9 Å². The van der Waals surface area contributed by atoms with E-state index in [1.165, 1.54) is 18.5 Å². The molecule has 0 saturated carbocycles. The number of fused-ring (bicyclic) bond motifs is 3. The first-order valence-corrected chi connectivity index (χ1v) is 11.5. The number of ether oxygens (including phenoxy) is 2. The largest absolute Gasteiger partial charge is 0.493 e. The van der Waals surface area contributed by atoms with Gasteiger partial charge < -0.3 is 14.0 Å². The number of halogens is 2. The number of aromatic nitrogens is 3. The van der Waals surface area contributed by atoms with Crippen molar-refractivity contribution in [1.82, 2.24) is 14.1 Å². The van der Waals surface area contributed by atoms with Crippen LogP contribution in [0.2, 0.25) is 5.02 Å². The third-order valence-electron chi connectivity index (χ3n) is 6.13. The van der Waals surface area contributed by atoms with Gasteiger partial charge in [-0.1, -0.05) is 29.8 Å². The molecule has 8 heteroatoms. The van der Waals surface area contributed by atoms with E-state index in [2.05, 4.69) is 4.98 Å². The summed E-state index contributed by atoms with van der Waals surface area (Å²) in [5.74, 6) is 0.911. The Labute approximate surface area is 206 Å². The van der Waals surface area contributed by atoms with Gasteiger partial charge in [0.2, 0.25) is 0 Å². The molecule has 178 valence electrons. The van der Waals surface area contributed by atoms with E-state index in [0.29, 0.717) is 52.5 Å². The molecule has 5 rings (SSSR count). The van der Waals surface area contributed by atoms with Crippen LogP contribution in [0.1, 0.15) is 11.1 Å². The summed E-state index contributed by atoms with van der Waals surface area (Å²) < 4.78 is 28.3. The third-order valence-corrected chi connectivity index (χ3v) is 6.38. The number of rotatable bonds is 7. The molecule has 2 aromatic heterocycles. The Balaban J connectivity index is 1.57. The van der Waals surface area contributed by atoms with Crippen LogP contribution in [0.5, 0.6) is 11.5 Å². The van der Waals surface area contributed by atoms with Gasteiger partial charge in [0.05, 0.1) is 26.1 Å². The van der Waals surface area contributed by atoms with Crippen molar-refractivity contribution >= 4 is 33.5 Å². The Morgan fingerprint density at radius 2 is 1.69 bits per heavy atom. The van der Waals surface area contributed by atoms with Gasteiger partial charge in [0.25, 0.3) is 5.56 Å². The SMILES string of the molecule is COc1ccc(CCn2cnc3c4cc(F)ccc4n(Cc4ccc(Cl)cc4)c3c2=O)cc1OC. The molecule has 0 aliphatic rings. The molecule has 0 aliphatic heterocycles. The standard InChI is InChI=1S/C27H23ClFN3O3/c1-34-23-10-5-17(13-24(23)35-2)11-12-31-16-30-25-21-14-20(29)8-9-22(21)32(26(25)27(31)33)15-18-3-6-19(28)7-4-18/h3-10,13-14,16H,11-12,15H2,1-2H3. The minimum Gasteiger partial charge on any atom is -0.493 e. The summed E-state index contributed by atoms with van der Waals surface area (Å²) in [5.41, 5.74) is 3.46. The van der Waals surface area contributed by atoms with Crippen molar-refractivity contribution in [3.05, 3.63) is 99.3 Å². The summed E-state index contributed by atoms with van der Waals surface area (Å²) in [4.78, 5) is 18.2. The van der Waals surface area contributed by atoms with Crippen LogP contribution in [0.4, 0.5) is 4.39 Å². The van der Waals surface area contributed by atoms with Crippen LogP contribution in [0.25, 0.3) is 21.9 Å². The molecule has 0 saturated heterocycles. The van der Waals surface area contributed by atoms with Gasteiger partial charge in [-0.25, -0.2) is 9.37 Å². The average Bonchev–Trinajstić information content (AvgIpc) is 3.17. The lowest BCUT2D eigenvalue weighted by Gasteiger charge is -2.11. The van der Waals surface area contributed by atoms with Crippen LogP contribution < -0.4 is 15.0 Å². The molecule has 0 unspecified atom stereocenters. The van der Waals surface area contributed by atoms with Crippen LogP contribution >= 0.6 is 11.6 Å². The molecule has 5 aromatic rings. The summed E-state index contributed by atoms with van der Waals surface area (Å²) in [7, 11) is 3.18. The molecule has 0 atom stereocenters. The highest BCUT2D eigenvalue weighted by atomic mass is 35.5. The highest BCUT2D eigenvalue weighted by Gasteiger charge is 2.17. The number of hydrogen-bond acceptors (Lipinski definition) is 4. The Kier molecular flexibility index (Phi) is 6.17. The maximum absolute atomic E-state index is 14.1. The fraction of sp³-hybridized carbons (Fsp3) is 0.185. The zero-order chi connectivity index (χ0) is 24.5. The third kappa shape index (κ3) is 4.35. The van der Waals surface area contributed by atoms with Crippen molar-refractivity contribution in [2.45, 2.75) is 19.5 Å². The quantitative estimate of drug-likeness (QED) is 0.304. The molecule has 0 N–H and O–H groups in total. The minimum atomic E-state index is -0.373. The molecule has 0 amide bonds. The molecule has 0 spiro atoms. The Morgan fingerprint density at radius 3 is 2.43 bits per heavy atom. The molecule has 0 aliphatic carbocycles. The summed E-state index contributed by atoms with van der Waals surface area (Å²) in [6.45, 7) is 0.855. The van der Waals surface area contributed by atoms with Crippen molar-refractivity contribution in [2.75, 3.05) is 14.2 Å². The minimum absolute atomic E-state index is 0.180. The van der Waals surface area contributed by atoms with Gasteiger partial charge in [-0.2, -0.15) is 0 Å². The van der Waals surface area contributed by atoms with Gasteiger partial charge in [-0.05, 0) is 60.0 Å². The summed E-state index contributed by atoms with van der Waals surface area (Å²) in [6.07, 6.45) is 2.13. The Bertz CT molecular complexity index is 1590. The topological polar surface area (TPSA) is 58.3 Å². The molecule has 0 radical (unpaired) electrons. The first-order valence-electron chi connectivity index (χ1n) is 11.1. The highest BCUT2D eigenvalue weighted by molar-refractivity contribution is 6.30. The lowest BCUT2D eigenvalue weighted by Crippen LogP contribution is -2.23. The van der Waals surface area contributed by atoms with E-state index in [-0.39, 0.29) is 11.4 Å². The molecule has 0 bridgehead atoms. The lowest BCUT2D eigenvalue weighted by atomic mass is 10.1. The van der Waals surface area contributed by atoms with E-state index in [9.17, 15) is 9.18 Å². The smallest absolute Gasteiger partial charge is 0.277 e. The zero-order valence-electron chi connectivity index (χ0n) is 19.3. The van der Waals surface area contributed by atoms with Gasteiger partial charge in [0, 0.05) is 23.5 Å². The summed E-state index contributed by atoms with van der Waals surface area (Å²) >= 11 is 6.04.